The molecular formula is C32H29N3. The van der Waals surface area contributed by atoms with E-state index in [0.29, 0.717) is 0 Å². The van der Waals surface area contributed by atoms with Crippen LogP contribution in [0.1, 0.15) is 11.1 Å². The van der Waals surface area contributed by atoms with Crippen molar-refractivity contribution in [3.63, 3.8) is 0 Å². The van der Waals surface area contributed by atoms with Crippen molar-refractivity contribution < 1.29 is 0 Å². The third kappa shape index (κ3) is 4.75. The normalized spacial score (nSPS) is 10.8. The molecule has 0 fully saturated rings. The van der Waals surface area contributed by atoms with Crippen molar-refractivity contribution in [1.29, 1.82) is 0 Å². The molecule has 0 saturated carbocycles. The monoisotopic (exact) mass is 455 g/mol. The van der Waals surface area contributed by atoms with Gasteiger partial charge in [-0.3, -0.25) is 0 Å². The van der Waals surface area contributed by atoms with Gasteiger partial charge in [-0.05, 0) is 108 Å². The summed E-state index contributed by atoms with van der Waals surface area (Å²) in [4.78, 5) is 2.30. The van der Waals surface area contributed by atoms with Crippen molar-refractivity contribution in [2.75, 3.05) is 16.4 Å². The van der Waals surface area contributed by atoms with Crippen LogP contribution in [0.5, 0.6) is 0 Å². The fraction of sp³-hybridized carbons (Fsp3) is 0.0625. The SMILES string of the molecule is Cc1cccc(N(c2ccc(-c3cc(N)ccc3-c3ccc(N)cc3)cc2)c2cccc(C)c2)c1. The molecule has 3 nitrogen and oxygen atoms in total. The number of nitrogen functional groups attached to an aromatic ring is 2. The number of benzene rings is 5. The highest BCUT2D eigenvalue weighted by Crippen LogP contribution is 2.38. The summed E-state index contributed by atoms with van der Waals surface area (Å²) in [5.74, 6) is 0. The Bertz CT molecular complexity index is 1420. The van der Waals surface area contributed by atoms with E-state index in [1.807, 2.05) is 24.3 Å². The van der Waals surface area contributed by atoms with E-state index in [2.05, 4.69) is 110 Å². The second-order valence-electron chi connectivity index (χ2n) is 8.99. The van der Waals surface area contributed by atoms with Crippen LogP contribution in [0.25, 0.3) is 22.3 Å². The van der Waals surface area contributed by atoms with Crippen LogP contribution in [0.3, 0.4) is 0 Å². The number of nitrogens with two attached hydrogens (primary N) is 2. The van der Waals surface area contributed by atoms with Gasteiger partial charge in [-0.25, -0.2) is 0 Å². The lowest BCUT2D eigenvalue weighted by atomic mass is 9.93. The molecule has 0 aliphatic carbocycles. The summed E-state index contributed by atoms with van der Waals surface area (Å²) in [6, 6.07) is 39.9. The summed E-state index contributed by atoms with van der Waals surface area (Å²) in [5.41, 5.74) is 23.9. The molecule has 3 heteroatoms. The number of hydrogen-bond acceptors (Lipinski definition) is 3. The van der Waals surface area contributed by atoms with Crippen molar-refractivity contribution in [1.82, 2.24) is 0 Å². The van der Waals surface area contributed by atoms with Crippen LogP contribution in [0.15, 0.2) is 115 Å². The molecular weight excluding hydrogens is 426 g/mol. The molecule has 0 aromatic heterocycles. The Hall–Kier alpha value is -4.50. The minimum Gasteiger partial charge on any atom is -0.399 e. The maximum absolute atomic E-state index is 6.20. The predicted molar refractivity (Wildman–Crippen MR) is 150 cm³/mol. The molecule has 0 bridgehead atoms. The van der Waals surface area contributed by atoms with Gasteiger partial charge in [-0.15, -0.1) is 0 Å². The van der Waals surface area contributed by atoms with Crippen molar-refractivity contribution in [3.8, 4) is 22.3 Å². The summed E-state index contributed by atoms with van der Waals surface area (Å²) in [6.45, 7) is 4.25. The van der Waals surface area contributed by atoms with Gasteiger partial charge in [0.1, 0.15) is 0 Å². The molecule has 5 aromatic carbocycles. The van der Waals surface area contributed by atoms with Crippen molar-refractivity contribution >= 4 is 28.4 Å². The van der Waals surface area contributed by atoms with Crippen LogP contribution in [0.4, 0.5) is 28.4 Å². The second-order valence-corrected chi connectivity index (χ2v) is 8.99. The number of aryl methyl sites for hydroxylation is 2. The molecule has 0 amide bonds. The molecule has 0 unspecified atom stereocenters. The number of nitrogens with zero attached hydrogens (tertiary/aromatic N) is 1. The first-order valence-corrected chi connectivity index (χ1v) is 11.8. The van der Waals surface area contributed by atoms with E-state index in [1.165, 1.54) is 11.1 Å². The molecule has 0 aliphatic heterocycles. The molecule has 5 rings (SSSR count). The van der Waals surface area contributed by atoms with E-state index < -0.39 is 0 Å². The summed E-state index contributed by atoms with van der Waals surface area (Å²) >= 11 is 0. The van der Waals surface area contributed by atoms with Gasteiger partial charge in [0.05, 0.1) is 0 Å². The molecule has 0 atom stereocenters. The Kier molecular flexibility index (Phi) is 5.99. The number of rotatable bonds is 5. The Morgan fingerprint density at radius 1 is 0.457 bits per heavy atom. The van der Waals surface area contributed by atoms with Crippen molar-refractivity contribution in [2.24, 2.45) is 0 Å². The van der Waals surface area contributed by atoms with Crippen molar-refractivity contribution in [2.45, 2.75) is 13.8 Å². The summed E-state index contributed by atoms with van der Waals surface area (Å²) in [5, 5.41) is 0. The van der Waals surface area contributed by atoms with Gasteiger partial charge in [0.25, 0.3) is 0 Å². The number of anilines is 5. The Morgan fingerprint density at radius 2 is 0.971 bits per heavy atom. The first-order valence-electron chi connectivity index (χ1n) is 11.8. The van der Waals surface area contributed by atoms with Crippen LogP contribution in [0, 0.1) is 13.8 Å². The topological polar surface area (TPSA) is 55.3 Å². The van der Waals surface area contributed by atoms with Crippen LogP contribution >= 0.6 is 0 Å². The zero-order valence-electron chi connectivity index (χ0n) is 20.1. The molecule has 35 heavy (non-hydrogen) atoms. The summed E-state index contributed by atoms with van der Waals surface area (Å²) in [6.07, 6.45) is 0. The highest BCUT2D eigenvalue weighted by atomic mass is 15.1. The van der Waals surface area contributed by atoms with Gasteiger partial charge >= 0.3 is 0 Å². The minimum atomic E-state index is 0.740. The summed E-state index contributed by atoms with van der Waals surface area (Å²) in [7, 11) is 0. The predicted octanol–water partition coefficient (Wildman–Crippen LogP) is 8.27. The van der Waals surface area contributed by atoms with Crippen LogP contribution < -0.4 is 16.4 Å². The van der Waals surface area contributed by atoms with Gasteiger partial charge in [0.2, 0.25) is 0 Å². The van der Waals surface area contributed by atoms with Crippen LogP contribution in [-0.2, 0) is 0 Å². The molecule has 4 N–H and O–H groups in total. The second kappa shape index (κ2) is 9.40. The van der Waals surface area contributed by atoms with E-state index in [9.17, 15) is 0 Å². The fourth-order valence-corrected chi connectivity index (χ4v) is 4.49. The maximum atomic E-state index is 6.20. The Balaban J connectivity index is 1.59. The van der Waals surface area contributed by atoms with E-state index in [1.54, 1.807) is 0 Å². The molecule has 0 radical (unpaired) electrons. The van der Waals surface area contributed by atoms with Crippen molar-refractivity contribution in [3.05, 3.63) is 126 Å². The van der Waals surface area contributed by atoms with E-state index in [-0.39, 0.29) is 0 Å². The third-order valence-corrected chi connectivity index (χ3v) is 6.22. The minimum absolute atomic E-state index is 0.740. The van der Waals surface area contributed by atoms with Gasteiger partial charge in [0.15, 0.2) is 0 Å². The lowest BCUT2D eigenvalue weighted by Crippen LogP contribution is -2.10. The first kappa shape index (κ1) is 22.3. The molecule has 0 saturated heterocycles. The Labute approximate surface area is 207 Å². The molecule has 172 valence electrons. The highest BCUT2D eigenvalue weighted by molar-refractivity contribution is 5.87. The van der Waals surface area contributed by atoms with Crippen LogP contribution in [0.2, 0.25) is 0 Å². The average molecular weight is 456 g/mol. The maximum Gasteiger partial charge on any atom is 0.0464 e. The zero-order chi connectivity index (χ0) is 24.4. The Morgan fingerprint density at radius 3 is 1.54 bits per heavy atom. The lowest BCUT2D eigenvalue weighted by molar-refractivity contribution is 1.26. The van der Waals surface area contributed by atoms with Gasteiger partial charge in [0, 0.05) is 28.4 Å². The zero-order valence-corrected chi connectivity index (χ0v) is 20.1. The molecule has 0 spiro atoms. The van der Waals surface area contributed by atoms with Crippen LogP contribution in [-0.4, -0.2) is 0 Å². The quantitative estimate of drug-likeness (QED) is 0.262. The van der Waals surface area contributed by atoms with Gasteiger partial charge < -0.3 is 16.4 Å². The highest BCUT2D eigenvalue weighted by Gasteiger charge is 2.14. The van der Waals surface area contributed by atoms with E-state index in [4.69, 9.17) is 11.5 Å². The molecule has 5 aromatic rings. The van der Waals surface area contributed by atoms with E-state index in [0.717, 1.165) is 50.7 Å². The van der Waals surface area contributed by atoms with Gasteiger partial charge in [-0.2, -0.15) is 0 Å². The lowest BCUT2D eigenvalue weighted by Gasteiger charge is -2.26. The molecule has 0 aliphatic rings. The van der Waals surface area contributed by atoms with Gasteiger partial charge in [-0.1, -0.05) is 54.6 Å². The first-order chi connectivity index (χ1) is 17.0. The van der Waals surface area contributed by atoms with E-state index >= 15 is 0 Å². The smallest absolute Gasteiger partial charge is 0.0464 e. The number of hydrogen-bond donors (Lipinski definition) is 2. The third-order valence-electron chi connectivity index (χ3n) is 6.22. The molecule has 0 heterocycles. The standard InChI is InChI=1S/C32H29N3/c1-22-5-3-7-29(19-22)35(30-8-4-6-23(2)20-30)28-16-11-25(12-17-28)32-21-27(34)15-18-31(32)24-9-13-26(33)14-10-24/h3-21H,33-34H2,1-2H3. The fourth-order valence-electron chi connectivity index (χ4n) is 4.49. The summed E-state index contributed by atoms with van der Waals surface area (Å²) < 4.78 is 0. The largest absolute Gasteiger partial charge is 0.399 e. The average Bonchev–Trinajstić information content (AvgIpc) is 2.85.